The minimum absolute atomic E-state index is 0.0260. The predicted octanol–water partition coefficient (Wildman–Crippen LogP) is 8.87. The third kappa shape index (κ3) is 3.13. The number of hydrogen-bond acceptors (Lipinski definition) is 0. The second kappa shape index (κ2) is 7.20. The molecule has 0 N–H and O–H groups in total. The van der Waals surface area contributed by atoms with Gasteiger partial charge in [-0.1, -0.05) is 79.6 Å². The van der Waals surface area contributed by atoms with E-state index >= 15 is 0 Å². The van der Waals surface area contributed by atoms with Crippen LogP contribution in [0.3, 0.4) is 0 Å². The zero-order chi connectivity index (χ0) is 22.8. The minimum Gasteiger partial charge on any atom is -0.0587 e. The van der Waals surface area contributed by atoms with E-state index in [0.717, 1.165) is 0 Å². The highest BCUT2D eigenvalue weighted by Crippen LogP contribution is 2.51. The van der Waals surface area contributed by atoms with E-state index in [9.17, 15) is 0 Å². The Balaban J connectivity index is 1.65. The Labute approximate surface area is 193 Å². The zero-order valence-electron chi connectivity index (χ0n) is 20.4. The van der Waals surface area contributed by atoms with Crippen LogP contribution in [0.25, 0.3) is 33.4 Å². The summed E-state index contributed by atoms with van der Waals surface area (Å²) in [5, 5.41) is 0. The van der Waals surface area contributed by atoms with Crippen molar-refractivity contribution in [2.75, 3.05) is 0 Å². The Morgan fingerprint density at radius 1 is 0.469 bits per heavy atom. The van der Waals surface area contributed by atoms with Gasteiger partial charge in [0.15, 0.2) is 0 Å². The van der Waals surface area contributed by atoms with Gasteiger partial charge >= 0.3 is 0 Å². The monoisotopic (exact) mass is 416 g/mol. The van der Waals surface area contributed by atoms with E-state index in [1.807, 2.05) is 0 Å². The number of rotatable bonds is 2. The Kier molecular flexibility index (Phi) is 4.67. The van der Waals surface area contributed by atoms with Crippen LogP contribution in [-0.4, -0.2) is 0 Å². The van der Waals surface area contributed by atoms with Crippen molar-refractivity contribution in [3.63, 3.8) is 0 Å². The fraction of sp³-hybridized carbons (Fsp3) is 0.250. The first-order valence-corrected chi connectivity index (χ1v) is 11.6. The van der Waals surface area contributed by atoms with Crippen molar-refractivity contribution < 1.29 is 0 Å². The van der Waals surface area contributed by atoms with Crippen LogP contribution in [-0.2, 0) is 5.41 Å². The standard InChI is InChI=1S/C32H32/c1-19-8-11-26(21(3)14-19)24-9-12-27-28-13-10-25(18-30(28)32(6,7)29(27)17-24)31-22(4)15-20(2)16-23(31)5/h8-18H,1-7H3. The lowest BCUT2D eigenvalue weighted by Gasteiger charge is -2.23. The van der Waals surface area contributed by atoms with Crippen LogP contribution in [0.2, 0.25) is 0 Å². The molecule has 0 aromatic heterocycles. The summed E-state index contributed by atoms with van der Waals surface area (Å²) in [4.78, 5) is 0. The Morgan fingerprint density at radius 2 is 0.969 bits per heavy atom. The van der Waals surface area contributed by atoms with Gasteiger partial charge in [0.05, 0.1) is 0 Å². The van der Waals surface area contributed by atoms with Crippen LogP contribution in [0, 0.1) is 34.6 Å². The molecule has 0 fully saturated rings. The van der Waals surface area contributed by atoms with Crippen molar-refractivity contribution in [1.82, 2.24) is 0 Å². The molecule has 160 valence electrons. The average Bonchev–Trinajstić information content (AvgIpc) is 2.94. The lowest BCUT2D eigenvalue weighted by atomic mass is 9.80. The molecule has 0 saturated carbocycles. The maximum absolute atomic E-state index is 2.44. The van der Waals surface area contributed by atoms with Gasteiger partial charge in [-0.05, 0) is 108 Å². The highest BCUT2D eigenvalue weighted by Gasteiger charge is 2.36. The number of hydrogen-bond donors (Lipinski definition) is 0. The summed E-state index contributed by atoms with van der Waals surface area (Å²) in [6, 6.07) is 25.5. The summed E-state index contributed by atoms with van der Waals surface area (Å²) in [6.07, 6.45) is 0. The lowest BCUT2D eigenvalue weighted by Crippen LogP contribution is -2.15. The van der Waals surface area contributed by atoms with Crippen molar-refractivity contribution in [3.05, 3.63) is 106 Å². The summed E-state index contributed by atoms with van der Waals surface area (Å²) >= 11 is 0. The van der Waals surface area contributed by atoms with Crippen molar-refractivity contribution >= 4 is 0 Å². The molecule has 32 heavy (non-hydrogen) atoms. The van der Waals surface area contributed by atoms with Crippen LogP contribution in [0.5, 0.6) is 0 Å². The second-order valence-electron chi connectivity index (χ2n) is 10.2. The van der Waals surface area contributed by atoms with Gasteiger partial charge in [0.1, 0.15) is 0 Å². The maximum atomic E-state index is 2.44. The minimum atomic E-state index is -0.0260. The molecule has 0 nitrogen and oxygen atoms in total. The quantitative estimate of drug-likeness (QED) is 0.306. The summed E-state index contributed by atoms with van der Waals surface area (Å²) in [5.74, 6) is 0. The molecule has 0 atom stereocenters. The van der Waals surface area contributed by atoms with E-state index in [2.05, 4.69) is 115 Å². The Bertz CT molecular complexity index is 1360. The first-order chi connectivity index (χ1) is 15.2. The molecule has 5 rings (SSSR count). The maximum Gasteiger partial charge on any atom is 0.0159 e. The molecule has 4 aromatic carbocycles. The van der Waals surface area contributed by atoms with Crippen molar-refractivity contribution in [2.45, 2.75) is 53.9 Å². The summed E-state index contributed by atoms with van der Waals surface area (Å²) in [6.45, 7) is 15.8. The number of fused-ring (bicyclic) bond motifs is 3. The molecule has 0 heteroatoms. The van der Waals surface area contributed by atoms with E-state index in [1.54, 1.807) is 0 Å². The van der Waals surface area contributed by atoms with Crippen LogP contribution in [0.1, 0.15) is 52.8 Å². The van der Waals surface area contributed by atoms with Gasteiger partial charge < -0.3 is 0 Å². The van der Waals surface area contributed by atoms with E-state index < -0.39 is 0 Å². The van der Waals surface area contributed by atoms with Crippen molar-refractivity contribution in [2.24, 2.45) is 0 Å². The molecule has 0 amide bonds. The molecule has 0 radical (unpaired) electrons. The Hall–Kier alpha value is -3.12. The van der Waals surface area contributed by atoms with E-state index in [-0.39, 0.29) is 5.41 Å². The topological polar surface area (TPSA) is 0 Å². The third-order valence-electron chi connectivity index (χ3n) is 7.33. The van der Waals surface area contributed by atoms with E-state index in [4.69, 9.17) is 0 Å². The second-order valence-corrected chi connectivity index (χ2v) is 10.2. The molecule has 0 unspecified atom stereocenters. The molecule has 0 heterocycles. The molecular formula is C32H32. The van der Waals surface area contributed by atoms with Gasteiger partial charge in [0.2, 0.25) is 0 Å². The van der Waals surface area contributed by atoms with E-state index in [0.29, 0.717) is 0 Å². The molecule has 0 spiro atoms. The Morgan fingerprint density at radius 3 is 1.56 bits per heavy atom. The normalized spacial score (nSPS) is 13.7. The fourth-order valence-electron chi connectivity index (χ4n) is 5.83. The molecule has 1 aliphatic carbocycles. The third-order valence-corrected chi connectivity index (χ3v) is 7.33. The smallest absolute Gasteiger partial charge is 0.0159 e. The number of aryl methyl sites for hydroxylation is 5. The van der Waals surface area contributed by atoms with Crippen molar-refractivity contribution in [3.8, 4) is 33.4 Å². The van der Waals surface area contributed by atoms with Crippen LogP contribution >= 0.6 is 0 Å². The number of benzene rings is 4. The van der Waals surface area contributed by atoms with Gasteiger partial charge in [-0.2, -0.15) is 0 Å². The van der Waals surface area contributed by atoms with Crippen molar-refractivity contribution in [1.29, 1.82) is 0 Å². The summed E-state index contributed by atoms with van der Waals surface area (Å²) < 4.78 is 0. The lowest BCUT2D eigenvalue weighted by molar-refractivity contribution is 0.661. The largest absolute Gasteiger partial charge is 0.0587 e. The van der Waals surface area contributed by atoms with Crippen LogP contribution in [0.15, 0.2) is 66.7 Å². The van der Waals surface area contributed by atoms with Gasteiger partial charge in [0.25, 0.3) is 0 Å². The van der Waals surface area contributed by atoms with Gasteiger partial charge in [-0.15, -0.1) is 0 Å². The SMILES string of the molecule is Cc1ccc(-c2ccc3c(c2)C(C)(C)c2cc(-c4c(C)cc(C)cc4C)ccc2-3)c(C)c1. The van der Waals surface area contributed by atoms with E-state index in [1.165, 1.54) is 72.3 Å². The molecular weight excluding hydrogens is 384 g/mol. The van der Waals surface area contributed by atoms with Crippen LogP contribution < -0.4 is 0 Å². The molecule has 0 saturated heterocycles. The zero-order valence-corrected chi connectivity index (χ0v) is 20.4. The summed E-state index contributed by atoms with van der Waals surface area (Å²) in [5.41, 5.74) is 17.6. The van der Waals surface area contributed by atoms with Gasteiger partial charge in [-0.3, -0.25) is 0 Å². The van der Waals surface area contributed by atoms with Gasteiger partial charge in [-0.25, -0.2) is 0 Å². The predicted molar refractivity (Wildman–Crippen MR) is 139 cm³/mol. The molecule has 4 aromatic rings. The first kappa shape index (κ1) is 20.8. The molecule has 0 bridgehead atoms. The average molecular weight is 417 g/mol. The molecule has 0 aliphatic heterocycles. The fourth-order valence-corrected chi connectivity index (χ4v) is 5.83. The highest BCUT2D eigenvalue weighted by atomic mass is 14.4. The first-order valence-electron chi connectivity index (χ1n) is 11.6. The molecule has 1 aliphatic rings. The summed E-state index contributed by atoms with van der Waals surface area (Å²) in [7, 11) is 0. The highest BCUT2D eigenvalue weighted by molar-refractivity contribution is 5.86. The van der Waals surface area contributed by atoms with Crippen LogP contribution in [0.4, 0.5) is 0 Å². The van der Waals surface area contributed by atoms with Gasteiger partial charge in [0, 0.05) is 5.41 Å².